The quantitative estimate of drug-likeness (QED) is 0.634. The third-order valence-corrected chi connectivity index (χ3v) is 1.93. The summed E-state index contributed by atoms with van der Waals surface area (Å²) in [7, 11) is 0. The molecule has 0 radical (unpaired) electrons. The molecule has 1 unspecified atom stereocenters. The largest absolute Gasteiger partial charge is 0.396 e. The Morgan fingerprint density at radius 1 is 1.29 bits per heavy atom. The van der Waals surface area contributed by atoms with Crippen molar-refractivity contribution in [2.24, 2.45) is 0 Å². The van der Waals surface area contributed by atoms with E-state index in [1.54, 1.807) is 0 Å². The summed E-state index contributed by atoms with van der Waals surface area (Å²) < 4.78 is 35.2. The van der Waals surface area contributed by atoms with Gasteiger partial charge >= 0.3 is 6.18 Å². The summed E-state index contributed by atoms with van der Waals surface area (Å²) in [4.78, 5) is 0. The van der Waals surface area contributed by atoms with Crippen LogP contribution in [-0.2, 0) is 0 Å². The van der Waals surface area contributed by atoms with Crippen LogP contribution < -0.4 is 5.32 Å². The molecule has 0 amide bonds. The lowest BCUT2D eigenvalue weighted by Crippen LogP contribution is -2.28. The SMILES string of the molecule is CC(CCCO)NCCCC(F)(F)F. The summed E-state index contributed by atoms with van der Waals surface area (Å²) in [6.45, 7) is 2.42. The van der Waals surface area contributed by atoms with E-state index in [0.29, 0.717) is 13.0 Å². The van der Waals surface area contributed by atoms with Crippen LogP contribution in [0, 0.1) is 0 Å². The Balaban J connectivity index is 3.27. The molecule has 0 heterocycles. The Kier molecular flexibility index (Phi) is 6.92. The van der Waals surface area contributed by atoms with E-state index in [1.807, 2.05) is 6.92 Å². The van der Waals surface area contributed by atoms with Crippen molar-refractivity contribution in [3.8, 4) is 0 Å². The van der Waals surface area contributed by atoms with Crippen LogP contribution in [0.4, 0.5) is 13.2 Å². The Morgan fingerprint density at radius 2 is 1.93 bits per heavy atom. The Labute approximate surface area is 82.5 Å². The van der Waals surface area contributed by atoms with Crippen LogP contribution in [0.5, 0.6) is 0 Å². The lowest BCUT2D eigenvalue weighted by molar-refractivity contribution is -0.135. The number of nitrogens with one attached hydrogen (secondary N) is 1. The average Bonchev–Trinajstić information content (AvgIpc) is 2.07. The predicted octanol–water partition coefficient (Wildman–Crippen LogP) is 2.08. The zero-order valence-corrected chi connectivity index (χ0v) is 8.40. The van der Waals surface area contributed by atoms with Crippen LogP contribution in [0.3, 0.4) is 0 Å². The van der Waals surface area contributed by atoms with Crippen LogP contribution in [-0.4, -0.2) is 30.5 Å². The zero-order valence-electron chi connectivity index (χ0n) is 8.40. The maximum absolute atomic E-state index is 11.7. The van der Waals surface area contributed by atoms with Crippen molar-refractivity contribution in [1.82, 2.24) is 5.32 Å². The van der Waals surface area contributed by atoms with Crippen molar-refractivity contribution in [2.45, 2.75) is 44.8 Å². The molecule has 0 aromatic rings. The number of aliphatic hydroxyl groups is 1. The van der Waals surface area contributed by atoms with Crippen LogP contribution in [0.25, 0.3) is 0 Å². The maximum atomic E-state index is 11.7. The fourth-order valence-electron chi connectivity index (χ4n) is 1.14. The van der Waals surface area contributed by atoms with Gasteiger partial charge in [-0.05, 0) is 32.7 Å². The molecule has 0 saturated heterocycles. The predicted molar refractivity (Wildman–Crippen MR) is 49.1 cm³/mol. The highest BCUT2D eigenvalue weighted by atomic mass is 19.4. The number of aliphatic hydroxyl groups excluding tert-OH is 1. The normalized spacial score (nSPS) is 14.4. The van der Waals surface area contributed by atoms with Crippen molar-refractivity contribution < 1.29 is 18.3 Å². The first-order valence-electron chi connectivity index (χ1n) is 4.86. The van der Waals surface area contributed by atoms with Gasteiger partial charge in [-0.15, -0.1) is 0 Å². The molecule has 0 rings (SSSR count). The van der Waals surface area contributed by atoms with Crippen LogP contribution >= 0.6 is 0 Å². The van der Waals surface area contributed by atoms with Gasteiger partial charge in [0.2, 0.25) is 0 Å². The van der Waals surface area contributed by atoms with Crippen LogP contribution in [0.1, 0.15) is 32.6 Å². The molecule has 0 aliphatic heterocycles. The topological polar surface area (TPSA) is 32.3 Å². The molecular formula is C9H18F3NO. The Morgan fingerprint density at radius 3 is 2.43 bits per heavy atom. The van der Waals surface area contributed by atoms with E-state index >= 15 is 0 Å². The maximum Gasteiger partial charge on any atom is 0.389 e. The van der Waals surface area contributed by atoms with Crippen molar-refractivity contribution >= 4 is 0 Å². The molecule has 0 bridgehead atoms. The van der Waals surface area contributed by atoms with Crippen molar-refractivity contribution in [3.05, 3.63) is 0 Å². The summed E-state index contributed by atoms with van der Waals surface area (Å²) in [5, 5.41) is 11.5. The molecule has 0 aliphatic carbocycles. The molecule has 0 aromatic carbocycles. The fourth-order valence-corrected chi connectivity index (χ4v) is 1.14. The van der Waals surface area contributed by atoms with Gasteiger partial charge in [0.05, 0.1) is 0 Å². The number of alkyl halides is 3. The number of halogens is 3. The summed E-state index contributed by atoms with van der Waals surface area (Å²) in [6, 6.07) is 0.176. The van der Waals surface area contributed by atoms with Gasteiger partial charge in [-0.1, -0.05) is 0 Å². The van der Waals surface area contributed by atoms with E-state index in [-0.39, 0.29) is 19.1 Å². The van der Waals surface area contributed by atoms with E-state index in [0.717, 1.165) is 6.42 Å². The zero-order chi connectivity index (χ0) is 11.0. The van der Waals surface area contributed by atoms with Crippen LogP contribution in [0.15, 0.2) is 0 Å². The first kappa shape index (κ1) is 13.7. The Hall–Kier alpha value is -0.290. The summed E-state index contributed by atoms with van der Waals surface area (Å²) in [5.74, 6) is 0. The van der Waals surface area contributed by atoms with Gasteiger partial charge in [-0.2, -0.15) is 13.2 Å². The van der Waals surface area contributed by atoms with Crippen molar-refractivity contribution in [2.75, 3.05) is 13.2 Å². The van der Waals surface area contributed by atoms with Gasteiger partial charge in [0.15, 0.2) is 0 Å². The van der Waals surface area contributed by atoms with Crippen molar-refractivity contribution in [3.63, 3.8) is 0 Å². The van der Waals surface area contributed by atoms with E-state index < -0.39 is 12.6 Å². The van der Waals surface area contributed by atoms with Gasteiger partial charge < -0.3 is 10.4 Å². The van der Waals surface area contributed by atoms with Crippen LogP contribution in [0.2, 0.25) is 0 Å². The third kappa shape index (κ3) is 9.80. The number of rotatable bonds is 7. The first-order valence-corrected chi connectivity index (χ1v) is 4.86. The molecule has 1 atom stereocenters. The summed E-state index contributed by atoms with van der Waals surface area (Å²) >= 11 is 0. The molecule has 0 aliphatic rings. The molecule has 0 fully saturated rings. The first-order chi connectivity index (χ1) is 6.45. The summed E-state index contributed by atoms with van der Waals surface area (Å²) in [5.41, 5.74) is 0. The second kappa shape index (κ2) is 7.06. The summed E-state index contributed by atoms with van der Waals surface area (Å²) in [6.07, 6.45) is -3.17. The minimum atomic E-state index is -4.05. The van der Waals surface area contributed by atoms with E-state index in [9.17, 15) is 13.2 Å². The fraction of sp³-hybridized carbons (Fsp3) is 1.00. The van der Waals surface area contributed by atoms with E-state index in [1.165, 1.54) is 0 Å². The second-order valence-electron chi connectivity index (χ2n) is 3.44. The van der Waals surface area contributed by atoms with Gasteiger partial charge in [0.1, 0.15) is 0 Å². The smallest absolute Gasteiger partial charge is 0.389 e. The monoisotopic (exact) mass is 213 g/mol. The molecule has 2 N–H and O–H groups in total. The second-order valence-corrected chi connectivity index (χ2v) is 3.44. The molecule has 14 heavy (non-hydrogen) atoms. The molecule has 0 aromatic heterocycles. The highest BCUT2D eigenvalue weighted by Crippen LogP contribution is 2.20. The highest BCUT2D eigenvalue weighted by Gasteiger charge is 2.25. The van der Waals surface area contributed by atoms with E-state index in [2.05, 4.69) is 5.32 Å². The average molecular weight is 213 g/mol. The minimum absolute atomic E-state index is 0.118. The molecule has 0 spiro atoms. The highest BCUT2D eigenvalue weighted by molar-refractivity contribution is 4.61. The standard InChI is InChI=1S/C9H18F3NO/c1-8(4-2-7-14)13-6-3-5-9(10,11)12/h8,13-14H,2-7H2,1H3. The lowest BCUT2D eigenvalue weighted by Gasteiger charge is -2.13. The Bertz CT molecular complexity index is 139. The van der Waals surface area contributed by atoms with Gasteiger partial charge in [-0.3, -0.25) is 0 Å². The van der Waals surface area contributed by atoms with Crippen molar-refractivity contribution in [1.29, 1.82) is 0 Å². The van der Waals surface area contributed by atoms with Gasteiger partial charge in [0.25, 0.3) is 0 Å². The number of hydrogen-bond donors (Lipinski definition) is 2. The molecule has 5 heteroatoms. The minimum Gasteiger partial charge on any atom is -0.396 e. The van der Waals surface area contributed by atoms with Gasteiger partial charge in [0, 0.05) is 19.1 Å². The van der Waals surface area contributed by atoms with Gasteiger partial charge in [-0.25, -0.2) is 0 Å². The molecule has 2 nitrogen and oxygen atoms in total. The lowest BCUT2D eigenvalue weighted by atomic mass is 10.2. The molecule has 0 saturated carbocycles. The third-order valence-electron chi connectivity index (χ3n) is 1.93. The van der Waals surface area contributed by atoms with E-state index in [4.69, 9.17) is 5.11 Å². The molecular weight excluding hydrogens is 195 g/mol. The number of hydrogen-bond acceptors (Lipinski definition) is 2. The molecule has 86 valence electrons.